The van der Waals surface area contributed by atoms with Gasteiger partial charge in [0.1, 0.15) is 0 Å². The zero-order valence-electron chi connectivity index (χ0n) is 20.4. The van der Waals surface area contributed by atoms with E-state index in [1.165, 1.54) is 18.4 Å². The van der Waals surface area contributed by atoms with E-state index in [1.807, 2.05) is 18.2 Å². The first-order valence-electron chi connectivity index (χ1n) is 12.9. The number of hydrogen-bond donors (Lipinski definition) is 1. The molecule has 1 saturated carbocycles. The molecule has 2 fully saturated rings. The molecule has 1 aliphatic carbocycles. The van der Waals surface area contributed by atoms with Gasteiger partial charge in [0, 0.05) is 30.8 Å². The molecule has 8 heteroatoms. The average Bonchev–Trinajstić information content (AvgIpc) is 3.60. The first kappa shape index (κ1) is 23.2. The molecule has 2 atom stereocenters. The maximum absolute atomic E-state index is 13.1. The quantitative estimate of drug-likeness (QED) is 0.503. The number of aromatic amines is 1. The largest absolute Gasteiger partial charge is 0.377 e. The number of aryl methyl sites for hydroxylation is 1. The van der Waals surface area contributed by atoms with E-state index in [4.69, 9.17) is 4.74 Å². The van der Waals surface area contributed by atoms with Crippen molar-refractivity contribution in [2.45, 2.75) is 89.9 Å². The first-order chi connectivity index (χ1) is 16.6. The van der Waals surface area contributed by atoms with Gasteiger partial charge >= 0.3 is 0 Å². The molecule has 182 valence electrons. The molecule has 3 heterocycles. The highest BCUT2D eigenvalue weighted by Gasteiger charge is 2.32. The zero-order chi connectivity index (χ0) is 23.5. The molecule has 0 amide bonds. The Morgan fingerprint density at radius 2 is 2.06 bits per heavy atom. The SMILES string of the molecule is CCC[C@@H](c1nnnn1C1CCCC1)N(Cc1cc2cc(C)ccc2[nH]c1=O)C[C@@H]1CCCO1. The molecule has 0 spiro atoms. The molecule has 0 radical (unpaired) electrons. The normalized spacial score (nSPS) is 20.0. The number of nitrogens with zero attached hydrogens (tertiary/aromatic N) is 5. The van der Waals surface area contributed by atoms with Crippen molar-refractivity contribution in [3.8, 4) is 0 Å². The summed E-state index contributed by atoms with van der Waals surface area (Å²) in [4.78, 5) is 18.6. The van der Waals surface area contributed by atoms with Gasteiger partial charge in [-0.3, -0.25) is 9.69 Å². The molecule has 1 aliphatic heterocycles. The summed E-state index contributed by atoms with van der Waals surface area (Å²) in [6.45, 7) is 6.40. The Balaban J connectivity index is 1.51. The minimum Gasteiger partial charge on any atom is -0.377 e. The number of hydrogen-bond acceptors (Lipinski definition) is 6. The number of rotatable bonds is 9. The van der Waals surface area contributed by atoms with Crippen molar-refractivity contribution in [3.63, 3.8) is 0 Å². The van der Waals surface area contributed by atoms with Crippen LogP contribution in [0, 0.1) is 6.92 Å². The molecule has 1 aromatic carbocycles. The Kier molecular flexibility index (Phi) is 7.06. The molecular formula is C26H36N6O2. The lowest BCUT2D eigenvalue weighted by atomic mass is 10.0. The summed E-state index contributed by atoms with van der Waals surface area (Å²) in [6, 6.07) is 8.60. The summed E-state index contributed by atoms with van der Waals surface area (Å²) in [5, 5.41) is 14.1. The molecule has 5 rings (SSSR count). The van der Waals surface area contributed by atoms with Crippen LogP contribution in [0.4, 0.5) is 0 Å². The summed E-state index contributed by atoms with van der Waals surface area (Å²) in [5.74, 6) is 0.930. The van der Waals surface area contributed by atoms with E-state index in [-0.39, 0.29) is 17.7 Å². The van der Waals surface area contributed by atoms with E-state index in [0.717, 1.165) is 74.0 Å². The van der Waals surface area contributed by atoms with Crippen molar-refractivity contribution >= 4 is 10.9 Å². The third-order valence-corrected chi connectivity index (χ3v) is 7.40. The molecule has 1 N–H and O–H groups in total. The highest BCUT2D eigenvalue weighted by Crippen LogP contribution is 2.34. The summed E-state index contributed by atoms with van der Waals surface area (Å²) >= 11 is 0. The fraction of sp³-hybridized carbons (Fsp3) is 0.615. The van der Waals surface area contributed by atoms with E-state index in [0.29, 0.717) is 12.6 Å². The third-order valence-electron chi connectivity index (χ3n) is 7.40. The Morgan fingerprint density at radius 1 is 1.21 bits per heavy atom. The molecule has 2 aromatic heterocycles. The summed E-state index contributed by atoms with van der Waals surface area (Å²) < 4.78 is 8.10. The van der Waals surface area contributed by atoms with E-state index in [1.54, 1.807) is 0 Å². The number of tetrazole rings is 1. The van der Waals surface area contributed by atoms with Crippen molar-refractivity contribution in [2.24, 2.45) is 0 Å². The van der Waals surface area contributed by atoms with Gasteiger partial charge in [-0.05, 0) is 73.0 Å². The number of ether oxygens (including phenoxy) is 1. The fourth-order valence-corrected chi connectivity index (χ4v) is 5.64. The minimum absolute atomic E-state index is 0.0284. The van der Waals surface area contributed by atoms with Crippen LogP contribution in [-0.2, 0) is 11.3 Å². The van der Waals surface area contributed by atoms with Gasteiger partial charge in [0.2, 0.25) is 0 Å². The predicted octanol–water partition coefficient (Wildman–Crippen LogP) is 4.46. The first-order valence-corrected chi connectivity index (χ1v) is 12.9. The van der Waals surface area contributed by atoms with E-state index in [9.17, 15) is 4.79 Å². The topological polar surface area (TPSA) is 88.9 Å². The second-order valence-corrected chi connectivity index (χ2v) is 10.0. The maximum atomic E-state index is 13.1. The molecule has 0 bridgehead atoms. The van der Waals surface area contributed by atoms with Gasteiger partial charge in [-0.25, -0.2) is 4.68 Å². The van der Waals surface area contributed by atoms with E-state index < -0.39 is 0 Å². The van der Waals surface area contributed by atoms with Crippen LogP contribution in [0.2, 0.25) is 0 Å². The van der Waals surface area contributed by atoms with Gasteiger partial charge in [0.05, 0.1) is 18.2 Å². The van der Waals surface area contributed by atoms with Gasteiger partial charge < -0.3 is 9.72 Å². The molecule has 8 nitrogen and oxygen atoms in total. The van der Waals surface area contributed by atoms with Gasteiger partial charge in [-0.1, -0.05) is 37.8 Å². The van der Waals surface area contributed by atoms with Gasteiger partial charge in [-0.2, -0.15) is 0 Å². The number of fused-ring (bicyclic) bond motifs is 1. The second-order valence-electron chi connectivity index (χ2n) is 10.0. The lowest BCUT2D eigenvalue weighted by molar-refractivity contribution is 0.0471. The Bertz CT molecular complexity index is 1160. The van der Waals surface area contributed by atoms with Crippen LogP contribution in [0.1, 0.15) is 87.3 Å². The number of benzene rings is 1. The van der Waals surface area contributed by atoms with Crippen molar-refractivity contribution in [2.75, 3.05) is 13.2 Å². The maximum Gasteiger partial charge on any atom is 0.252 e. The van der Waals surface area contributed by atoms with Gasteiger partial charge in [-0.15, -0.1) is 5.10 Å². The van der Waals surface area contributed by atoms with Crippen LogP contribution >= 0.6 is 0 Å². The monoisotopic (exact) mass is 464 g/mol. The van der Waals surface area contributed by atoms with Crippen LogP contribution in [0.3, 0.4) is 0 Å². The summed E-state index contributed by atoms with van der Waals surface area (Å²) in [6.07, 6.45) is 8.99. The lowest BCUT2D eigenvalue weighted by Gasteiger charge is -2.33. The third kappa shape index (κ3) is 4.93. The van der Waals surface area contributed by atoms with Crippen molar-refractivity contribution in [1.82, 2.24) is 30.1 Å². The van der Waals surface area contributed by atoms with Crippen molar-refractivity contribution in [3.05, 3.63) is 51.6 Å². The Labute approximate surface area is 200 Å². The molecule has 3 aromatic rings. The van der Waals surface area contributed by atoms with E-state index in [2.05, 4.69) is 50.0 Å². The Hall–Kier alpha value is -2.58. The molecule has 2 aliphatic rings. The highest BCUT2D eigenvalue weighted by atomic mass is 16.5. The fourth-order valence-electron chi connectivity index (χ4n) is 5.64. The Morgan fingerprint density at radius 3 is 2.82 bits per heavy atom. The molecule has 1 saturated heterocycles. The number of H-pyrrole nitrogens is 1. The smallest absolute Gasteiger partial charge is 0.252 e. The van der Waals surface area contributed by atoms with E-state index >= 15 is 0 Å². The van der Waals surface area contributed by atoms with Crippen LogP contribution in [0.5, 0.6) is 0 Å². The van der Waals surface area contributed by atoms with Crippen molar-refractivity contribution in [1.29, 1.82) is 0 Å². The average molecular weight is 465 g/mol. The number of aromatic nitrogens is 5. The van der Waals surface area contributed by atoms with Gasteiger partial charge in [0.25, 0.3) is 5.56 Å². The second kappa shape index (κ2) is 10.4. The minimum atomic E-state index is -0.0284. The lowest BCUT2D eigenvalue weighted by Crippen LogP contribution is -2.38. The molecular weight excluding hydrogens is 428 g/mol. The van der Waals surface area contributed by atoms with Crippen LogP contribution < -0.4 is 5.56 Å². The van der Waals surface area contributed by atoms with Crippen molar-refractivity contribution < 1.29 is 4.74 Å². The standard InChI is InChI=1S/C26H36N6O2/c1-3-7-24(25-28-29-30-32(25)21-8-4-5-9-21)31(17-22-10-6-13-34-22)16-20-15-19-14-18(2)11-12-23(19)27-26(20)33/h11-12,14-15,21-22,24H,3-10,13,16-17H2,1-2H3,(H,27,33)/t22-,24-/m0/s1. The van der Waals surface area contributed by atoms with Gasteiger partial charge in [0.15, 0.2) is 5.82 Å². The highest BCUT2D eigenvalue weighted by molar-refractivity contribution is 5.79. The number of nitrogens with one attached hydrogen (secondary N) is 1. The molecule has 34 heavy (non-hydrogen) atoms. The summed E-state index contributed by atoms with van der Waals surface area (Å²) in [7, 11) is 0. The summed E-state index contributed by atoms with van der Waals surface area (Å²) in [5.41, 5.74) is 2.80. The number of pyridine rings is 1. The van der Waals surface area contributed by atoms with Crippen LogP contribution in [0.25, 0.3) is 10.9 Å². The van der Waals surface area contributed by atoms with Crippen LogP contribution in [-0.4, -0.2) is 49.3 Å². The predicted molar refractivity (Wildman–Crippen MR) is 132 cm³/mol. The zero-order valence-corrected chi connectivity index (χ0v) is 20.4. The molecule has 0 unspecified atom stereocenters. The van der Waals surface area contributed by atoms with Crippen LogP contribution in [0.15, 0.2) is 29.1 Å².